The highest BCUT2D eigenvalue weighted by atomic mass is 16.3. The number of hydrogen-bond donors (Lipinski definition) is 2. The van der Waals surface area contributed by atoms with Crippen molar-refractivity contribution < 1.29 is 9.90 Å². The molecule has 0 saturated heterocycles. The van der Waals surface area contributed by atoms with E-state index in [0.29, 0.717) is 24.6 Å². The molecule has 0 spiro atoms. The molecule has 0 radical (unpaired) electrons. The number of carbonyl (C=O) groups is 1. The van der Waals surface area contributed by atoms with Crippen LogP contribution in [-0.2, 0) is 39.5 Å². The number of amides is 1. The van der Waals surface area contributed by atoms with E-state index in [4.69, 9.17) is 5.10 Å². The number of anilines is 1. The predicted molar refractivity (Wildman–Crippen MR) is 160 cm³/mol. The summed E-state index contributed by atoms with van der Waals surface area (Å²) in [4.78, 5) is 35.4. The van der Waals surface area contributed by atoms with Crippen molar-refractivity contribution in [3.05, 3.63) is 75.2 Å². The van der Waals surface area contributed by atoms with Crippen molar-refractivity contribution in [3.63, 3.8) is 0 Å². The maximum absolute atomic E-state index is 14.4. The number of aliphatic imine (C=N–C) groups is 1. The average molecular weight is 571 g/mol. The van der Waals surface area contributed by atoms with Crippen LogP contribution in [0, 0.1) is 11.3 Å². The van der Waals surface area contributed by atoms with Crippen LogP contribution in [-0.4, -0.2) is 78.3 Å². The highest BCUT2D eigenvalue weighted by molar-refractivity contribution is 5.99. The molecule has 2 unspecified atom stereocenters. The largest absolute Gasteiger partial charge is 0.396 e. The normalized spacial score (nSPS) is 24.8. The van der Waals surface area contributed by atoms with Crippen LogP contribution in [0.4, 0.5) is 5.82 Å². The minimum absolute atomic E-state index is 0.101. The quantitative estimate of drug-likeness (QED) is 0.485. The van der Waals surface area contributed by atoms with Crippen molar-refractivity contribution in [3.8, 4) is 0 Å². The third-order valence-corrected chi connectivity index (χ3v) is 9.38. The number of nitrogens with one attached hydrogen (secondary N) is 1. The maximum atomic E-state index is 14.4. The first-order chi connectivity index (χ1) is 20.1. The Labute approximate surface area is 244 Å². The molecule has 220 valence electrons. The van der Waals surface area contributed by atoms with Gasteiger partial charge < -0.3 is 24.5 Å². The van der Waals surface area contributed by atoms with E-state index in [9.17, 15) is 14.7 Å². The van der Waals surface area contributed by atoms with Crippen LogP contribution in [0.25, 0.3) is 5.57 Å². The van der Waals surface area contributed by atoms with E-state index >= 15 is 0 Å². The topological polar surface area (TPSA) is 113 Å². The number of rotatable bonds is 5. The Morgan fingerprint density at radius 1 is 1.07 bits per heavy atom. The number of likely N-dealkylation sites (N-methyl/N-ethyl adjacent to an activating group) is 1. The summed E-state index contributed by atoms with van der Waals surface area (Å²) in [6.07, 6.45) is 7.13. The Bertz CT molecular complexity index is 1710. The summed E-state index contributed by atoms with van der Waals surface area (Å²) in [7, 11) is 3.79. The van der Waals surface area contributed by atoms with Crippen LogP contribution in [0.2, 0.25) is 0 Å². The number of aliphatic hydroxyl groups is 1. The zero-order valence-electron chi connectivity index (χ0n) is 24.7. The first kappa shape index (κ1) is 26.9. The Morgan fingerprint density at radius 3 is 2.69 bits per heavy atom. The molecule has 1 aliphatic carbocycles. The summed E-state index contributed by atoms with van der Waals surface area (Å²) >= 11 is 0. The molecule has 11 nitrogen and oxygen atoms in total. The van der Waals surface area contributed by atoms with Gasteiger partial charge in [0.2, 0.25) is 5.56 Å². The van der Waals surface area contributed by atoms with Crippen LogP contribution in [0.15, 0.2) is 46.4 Å². The van der Waals surface area contributed by atoms with E-state index in [2.05, 4.69) is 46.7 Å². The van der Waals surface area contributed by atoms with Crippen LogP contribution in [0.3, 0.4) is 0 Å². The lowest BCUT2D eigenvalue weighted by molar-refractivity contribution is 0.0468. The van der Waals surface area contributed by atoms with Crippen LogP contribution >= 0.6 is 0 Å². The van der Waals surface area contributed by atoms with Gasteiger partial charge in [0.25, 0.3) is 5.91 Å². The van der Waals surface area contributed by atoms with Crippen LogP contribution in [0.5, 0.6) is 0 Å². The standard InChI is InChI=1S/C31H38N8O3/c1-30(2)13-21-11-25-29(42)38(9-8-37(25)26(21)14-30)31(33-27-12-22-17-35(3)7-10-39(22)34-27)19-32-15-23(24(31)18-40)20-5-6-28(41)36(4)16-20/h5-6,11-12,15-16,19,24,40H,7-10,13-14,17-18H2,1-4H3,(H,33,34). The molecule has 42 heavy (non-hydrogen) atoms. The number of nitrogens with zero attached hydrogens (tertiary/aromatic N) is 7. The molecule has 11 heteroatoms. The van der Waals surface area contributed by atoms with E-state index in [-0.39, 0.29) is 23.5 Å². The lowest BCUT2D eigenvalue weighted by Gasteiger charge is -2.49. The smallest absolute Gasteiger partial charge is 0.272 e. The molecule has 0 fully saturated rings. The fraction of sp³-hybridized carbons (Fsp3) is 0.484. The molecule has 4 aliphatic rings. The summed E-state index contributed by atoms with van der Waals surface area (Å²) in [5, 5.41) is 19.5. The Hall–Kier alpha value is -3.96. The van der Waals surface area contributed by atoms with Crippen molar-refractivity contribution in [1.82, 2.24) is 28.7 Å². The Kier molecular flexibility index (Phi) is 6.11. The molecule has 7 rings (SSSR count). The SMILES string of the molecule is CN1CCn2nc(NC3(N4CCn5c(cc6c5CC(C)(C)C6)C4=O)C=NC=C(c4ccc(=O)n(C)c4)C3CO)cc2C1. The minimum Gasteiger partial charge on any atom is -0.396 e. The summed E-state index contributed by atoms with van der Waals surface area (Å²) < 4.78 is 5.71. The summed E-state index contributed by atoms with van der Waals surface area (Å²) in [5.41, 5.74) is 4.65. The summed E-state index contributed by atoms with van der Waals surface area (Å²) in [5.74, 6) is -0.0497. The number of aliphatic hydroxyl groups excluding tert-OH is 1. The number of fused-ring (bicyclic) bond motifs is 4. The number of hydrogen-bond acceptors (Lipinski definition) is 7. The minimum atomic E-state index is -1.19. The predicted octanol–water partition coefficient (Wildman–Crippen LogP) is 1.95. The molecule has 1 amide bonds. The van der Waals surface area contributed by atoms with E-state index in [1.165, 1.54) is 21.9 Å². The van der Waals surface area contributed by atoms with Gasteiger partial charge in [-0.05, 0) is 54.1 Å². The fourth-order valence-electron chi connectivity index (χ4n) is 7.30. The summed E-state index contributed by atoms with van der Waals surface area (Å²) in [6.45, 7) is 7.86. The van der Waals surface area contributed by atoms with Gasteiger partial charge in [0.05, 0.1) is 31.0 Å². The van der Waals surface area contributed by atoms with E-state index in [0.717, 1.165) is 49.3 Å². The Balaban J connectivity index is 1.32. The molecule has 0 aromatic carbocycles. The van der Waals surface area contributed by atoms with E-state index < -0.39 is 11.6 Å². The van der Waals surface area contributed by atoms with Gasteiger partial charge in [0.1, 0.15) is 11.5 Å². The number of carbonyl (C=O) groups excluding carboxylic acids is 1. The van der Waals surface area contributed by atoms with Crippen LogP contribution < -0.4 is 10.9 Å². The lowest BCUT2D eigenvalue weighted by Crippen LogP contribution is -2.66. The molecular formula is C31H38N8O3. The highest BCUT2D eigenvalue weighted by Gasteiger charge is 2.51. The van der Waals surface area contributed by atoms with Crippen LogP contribution in [0.1, 0.15) is 46.9 Å². The van der Waals surface area contributed by atoms with Gasteiger partial charge in [-0.3, -0.25) is 24.2 Å². The molecule has 3 aliphatic heterocycles. The van der Waals surface area contributed by atoms with Crippen molar-refractivity contribution in [2.45, 2.75) is 52.0 Å². The first-order valence-electron chi connectivity index (χ1n) is 14.7. The molecule has 2 atom stereocenters. The van der Waals surface area contributed by atoms with Gasteiger partial charge in [-0.15, -0.1) is 0 Å². The van der Waals surface area contributed by atoms with Gasteiger partial charge >= 0.3 is 0 Å². The van der Waals surface area contributed by atoms with Crippen molar-refractivity contribution >= 4 is 23.5 Å². The van der Waals surface area contributed by atoms with Gasteiger partial charge in [-0.25, -0.2) is 0 Å². The van der Waals surface area contributed by atoms with E-state index in [1.54, 1.807) is 31.7 Å². The zero-order chi connectivity index (χ0) is 29.4. The molecule has 3 aromatic rings. The summed E-state index contributed by atoms with van der Waals surface area (Å²) in [6, 6.07) is 7.36. The third kappa shape index (κ3) is 4.17. The number of pyridine rings is 1. The highest BCUT2D eigenvalue weighted by Crippen LogP contribution is 2.43. The van der Waals surface area contributed by atoms with E-state index in [1.807, 2.05) is 15.6 Å². The molecule has 2 N–H and O–H groups in total. The molecule has 3 aromatic heterocycles. The zero-order valence-corrected chi connectivity index (χ0v) is 24.7. The first-order valence-corrected chi connectivity index (χ1v) is 14.7. The molecular weight excluding hydrogens is 532 g/mol. The number of aromatic nitrogens is 4. The number of aryl methyl sites for hydroxylation is 1. The monoisotopic (exact) mass is 570 g/mol. The van der Waals surface area contributed by atoms with Gasteiger partial charge in [-0.1, -0.05) is 13.8 Å². The molecule has 0 bridgehead atoms. The second kappa shape index (κ2) is 9.53. The third-order valence-electron chi connectivity index (χ3n) is 9.38. The second-order valence-electron chi connectivity index (χ2n) is 13.0. The lowest BCUT2D eigenvalue weighted by atomic mass is 9.80. The van der Waals surface area contributed by atoms with Gasteiger partial charge in [0, 0.05) is 63.5 Å². The Morgan fingerprint density at radius 2 is 1.90 bits per heavy atom. The van der Waals surface area contributed by atoms with Crippen molar-refractivity contribution in [2.24, 2.45) is 23.4 Å². The van der Waals surface area contributed by atoms with Gasteiger partial charge in [-0.2, -0.15) is 5.10 Å². The maximum Gasteiger partial charge on any atom is 0.272 e. The van der Waals surface area contributed by atoms with Crippen molar-refractivity contribution in [2.75, 3.05) is 32.1 Å². The molecule has 0 saturated carbocycles. The fourth-order valence-corrected chi connectivity index (χ4v) is 7.30. The molecule has 6 heterocycles. The van der Waals surface area contributed by atoms with Crippen molar-refractivity contribution in [1.29, 1.82) is 0 Å². The second-order valence-corrected chi connectivity index (χ2v) is 13.0. The van der Waals surface area contributed by atoms with Gasteiger partial charge in [0.15, 0.2) is 5.66 Å². The average Bonchev–Trinajstić information content (AvgIpc) is 3.59.